The van der Waals surface area contributed by atoms with Gasteiger partial charge in [0.25, 0.3) is 5.91 Å². The van der Waals surface area contributed by atoms with E-state index in [0.717, 1.165) is 38.2 Å². The lowest BCUT2D eigenvalue weighted by atomic mass is 10.1. The van der Waals surface area contributed by atoms with Gasteiger partial charge in [-0.15, -0.1) is 0 Å². The minimum Gasteiger partial charge on any atom is -0.385 e. The van der Waals surface area contributed by atoms with Crippen LogP contribution in [0.5, 0.6) is 0 Å². The van der Waals surface area contributed by atoms with Gasteiger partial charge in [0, 0.05) is 32.0 Å². The predicted molar refractivity (Wildman–Crippen MR) is 72.7 cm³/mol. The molecule has 1 fully saturated rings. The van der Waals surface area contributed by atoms with E-state index < -0.39 is 0 Å². The van der Waals surface area contributed by atoms with Crippen LogP contribution in [0.15, 0.2) is 18.5 Å². The van der Waals surface area contributed by atoms with Crippen LogP contribution >= 0.6 is 0 Å². The van der Waals surface area contributed by atoms with Crippen molar-refractivity contribution in [3.05, 3.63) is 24.0 Å². The van der Waals surface area contributed by atoms with Crippen molar-refractivity contribution in [2.75, 3.05) is 25.0 Å². The molecule has 0 spiro atoms. The Labute approximate surface area is 108 Å². The van der Waals surface area contributed by atoms with Crippen molar-refractivity contribution >= 4 is 11.6 Å². The molecule has 1 aromatic heterocycles. The van der Waals surface area contributed by atoms with E-state index in [2.05, 4.69) is 17.2 Å². The van der Waals surface area contributed by atoms with Gasteiger partial charge < -0.3 is 10.2 Å². The second kappa shape index (κ2) is 5.85. The largest absolute Gasteiger partial charge is 0.385 e. The molecule has 0 radical (unpaired) electrons. The molecule has 1 saturated heterocycles. The summed E-state index contributed by atoms with van der Waals surface area (Å²) in [7, 11) is 0. The fourth-order valence-corrected chi connectivity index (χ4v) is 2.43. The van der Waals surface area contributed by atoms with Gasteiger partial charge in [0.2, 0.25) is 0 Å². The molecule has 1 aromatic rings. The Morgan fingerprint density at radius 2 is 2.39 bits per heavy atom. The third-order valence-electron chi connectivity index (χ3n) is 3.57. The Morgan fingerprint density at radius 3 is 3.06 bits per heavy atom. The van der Waals surface area contributed by atoms with Crippen molar-refractivity contribution in [2.45, 2.75) is 26.7 Å². The standard InChI is InChI=1S/C14H21N3O/c1-3-11-6-8-17(10-11)14(18)12-9-15-7-5-13(12)16-4-2/h5,7,9,11H,3-4,6,8,10H2,1-2H3,(H,15,16). The number of likely N-dealkylation sites (tertiary alicyclic amines) is 1. The Hall–Kier alpha value is -1.58. The molecular formula is C14H21N3O. The first-order valence-corrected chi connectivity index (χ1v) is 6.73. The molecule has 1 amide bonds. The van der Waals surface area contributed by atoms with Crippen LogP contribution in [0.2, 0.25) is 0 Å². The molecule has 98 valence electrons. The molecular weight excluding hydrogens is 226 g/mol. The quantitative estimate of drug-likeness (QED) is 0.888. The summed E-state index contributed by atoms with van der Waals surface area (Å²) in [5.41, 5.74) is 1.58. The van der Waals surface area contributed by atoms with Gasteiger partial charge in [-0.25, -0.2) is 0 Å². The number of carbonyl (C=O) groups excluding carboxylic acids is 1. The minimum atomic E-state index is 0.106. The highest BCUT2D eigenvalue weighted by atomic mass is 16.2. The Morgan fingerprint density at radius 1 is 1.56 bits per heavy atom. The molecule has 4 heteroatoms. The molecule has 18 heavy (non-hydrogen) atoms. The highest BCUT2D eigenvalue weighted by Gasteiger charge is 2.27. The number of hydrogen-bond donors (Lipinski definition) is 1. The van der Waals surface area contributed by atoms with E-state index in [1.807, 2.05) is 17.9 Å². The summed E-state index contributed by atoms with van der Waals surface area (Å²) in [6, 6.07) is 1.87. The maximum Gasteiger partial charge on any atom is 0.257 e. The number of nitrogens with one attached hydrogen (secondary N) is 1. The molecule has 1 aliphatic rings. The smallest absolute Gasteiger partial charge is 0.257 e. The number of rotatable bonds is 4. The van der Waals surface area contributed by atoms with Crippen LogP contribution < -0.4 is 5.32 Å². The van der Waals surface area contributed by atoms with E-state index in [4.69, 9.17) is 0 Å². The number of carbonyl (C=O) groups is 1. The molecule has 1 aliphatic heterocycles. The lowest BCUT2D eigenvalue weighted by molar-refractivity contribution is 0.0787. The van der Waals surface area contributed by atoms with Gasteiger partial charge in [-0.3, -0.25) is 9.78 Å². The second-order valence-corrected chi connectivity index (χ2v) is 4.77. The molecule has 0 saturated carbocycles. The predicted octanol–water partition coefficient (Wildman–Crippen LogP) is 2.39. The Bertz CT molecular complexity index is 419. The molecule has 0 aromatic carbocycles. The maximum atomic E-state index is 12.5. The summed E-state index contributed by atoms with van der Waals surface area (Å²) < 4.78 is 0. The zero-order valence-electron chi connectivity index (χ0n) is 11.1. The van der Waals surface area contributed by atoms with Gasteiger partial charge in [-0.2, -0.15) is 0 Å². The normalized spacial score (nSPS) is 19.0. The van der Waals surface area contributed by atoms with Crippen LogP contribution in [0.4, 0.5) is 5.69 Å². The summed E-state index contributed by atoms with van der Waals surface area (Å²) in [6.07, 6.45) is 5.66. The Kier molecular flexibility index (Phi) is 4.18. The maximum absolute atomic E-state index is 12.5. The number of aromatic nitrogens is 1. The van der Waals surface area contributed by atoms with E-state index in [1.54, 1.807) is 12.4 Å². The van der Waals surface area contributed by atoms with Gasteiger partial charge in [0.05, 0.1) is 11.3 Å². The number of pyridine rings is 1. The van der Waals surface area contributed by atoms with Crippen LogP contribution in [0.1, 0.15) is 37.0 Å². The van der Waals surface area contributed by atoms with Crippen molar-refractivity contribution < 1.29 is 4.79 Å². The van der Waals surface area contributed by atoms with Crippen LogP contribution in [0.3, 0.4) is 0 Å². The fourth-order valence-electron chi connectivity index (χ4n) is 2.43. The van der Waals surface area contributed by atoms with Crippen molar-refractivity contribution in [3.63, 3.8) is 0 Å². The summed E-state index contributed by atoms with van der Waals surface area (Å²) in [4.78, 5) is 18.5. The number of anilines is 1. The fraction of sp³-hybridized carbons (Fsp3) is 0.571. The summed E-state index contributed by atoms with van der Waals surface area (Å²) >= 11 is 0. The van der Waals surface area contributed by atoms with E-state index in [-0.39, 0.29) is 5.91 Å². The van der Waals surface area contributed by atoms with Gasteiger partial charge in [0.1, 0.15) is 0 Å². The zero-order valence-corrected chi connectivity index (χ0v) is 11.1. The average molecular weight is 247 g/mol. The van der Waals surface area contributed by atoms with Crippen LogP contribution in [-0.4, -0.2) is 35.4 Å². The molecule has 4 nitrogen and oxygen atoms in total. The first-order chi connectivity index (χ1) is 8.76. The molecule has 0 aliphatic carbocycles. The number of hydrogen-bond acceptors (Lipinski definition) is 3. The van der Waals surface area contributed by atoms with Gasteiger partial charge in [-0.1, -0.05) is 13.3 Å². The van der Waals surface area contributed by atoms with Gasteiger partial charge >= 0.3 is 0 Å². The number of amides is 1. The monoisotopic (exact) mass is 247 g/mol. The summed E-state index contributed by atoms with van der Waals surface area (Å²) in [6.45, 7) is 6.78. The third-order valence-corrected chi connectivity index (χ3v) is 3.57. The Balaban J connectivity index is 2.14. The molecule has 1 unspecified atom stereocenters. The van der Waals surface area contributed by atoms with E-state index in [9.17, 15) is 4.79 Å². The average Bonchev–Trinajstić information content (AvgIpc) is 2.88. The van der Waals surface area contributed by atoms with Gasteiger partial charge in [0.15, 0.2) is 0 Å². The van der Waals surface area contributed by atoms with Crippen LogP contribution in [0, 0.1) is 5.92 Å². The van der Waals surface area contributed by atoms with Crippen molar-refractivity contribution in [1.82, 2.24) is 9.88 Å². The van der Waals surface area contributed by atoms with Crippen LogP contribution in [-0.2, 0) is 0 Å². The second-order valence-electron chi connectivity index (χ2n) is 4.77. The third kappa shape index (κ3) is 2.63. The molecule has 2 rings (SSSR count). The van der Waals surface area contributed by atoms with Gasteiger partial charge in [-0.05, 0) is 25.3 Å². The first-order valence-electron chi connectivity index (χ1n) is 6.73. The SMILES string of the molecule is CCNc1ccncc1C(=O)N1CCC(CC)C1. The molecule has 1 atom stereocenters. The highest BCUT2D eigenvalue weighted by molar-refractivity contribution is 5.99. The first kappa shape index (κ1) is 12.9. The van der Waals surface area contributed by atoms with E-state index in [0.29, 0.717) is 11.5 Å². The molecule has 2 heterocycles. The van der Waals surface area contributed by atoms with E-state index >= 15 is 0 Å². The van der Waals surface area contributed by atoms with E-state index in [1.165, 1.54) is 0 Å². The van der Waals surface area contributed by atoms with Crippen LogP contribution in [0.25, 0.3) is 0 Å². The zero-order chi connectivity index (χ0) is 13.0. The molecule has 1 N–H and O–H groups in total. The molecule has 0 bridgehead atoms. The van der Waals surface area contributed by atoms with Crippen molar-refractivity contribution in [2.24, 2.45) is 5.92 Å². The van der Waals surface area contributed by atoms with Crippen molar-refractivity contribution in [1.29, 1.82) is 0 Å². The lowest BCUT2D eigenvalue weighted by Gasteiger charge is -2.18. The lowest BCUT2D eigenvalue weighted by Crippen LogP contribution is -2.29. The topological polar surface area (TPSA) is 45.2 Å². The summed E-state index contributed by atoms with van der Waals surface area (Å²) in [5, 5.41) is 3.22. The van der Waals surface area contributed by atoms with Crippen molar-refractivity contribution in [3.8, 4) is 0 Å². The minimum absolute atomic E-state index is 0.106. The number of nitrogens with zero attached hydrogens (tertiary/aromatic N) is 2. The summed E-state index contributed by atoms with van der Waals surface area (Å²) in [5.74, 6) is 0.767. The highest BCUT2D eigenvalue weighted by Crippen LogP contribution is 2.23.